The van der Waals surface area contributed by atoms with Crippen molar-refractivity contribution in [2.24, 2.45) is 5.73 Å². The summed E-state index contributed by atoms with van der Waals surface area (Å²) < 4.78 is 5.31. The van der Waals surface area contributed by atoms with E-state index in [9.17, 15) is 0 Å². The van der Waals surface area contributed by atoms with Crippen LogP contribution in [0.2, 0.25) is 0 Å². The Hall–Kier alpha value is 0.230. The fourth-order valence-corrected chi connectivity index (χ4v) is 2.82. The smallest absolute Gasteiger partial charge is 0.0608 e. The zero-order chi connectivity index (χ0) is 11.1. The van der Waals surface area contributed by atoms with Crippen molar-refractivity contribution in [1.82, 2.24) is 0 Å². The van der Waals surface area contributed by atoms with Crippen LogP contribution < -0.4 is 5.73 Å². The van der Waals surface area contributed by atoms with Gasteiger partial charge in [-0.25, -0.2) is 0 Å². The maximum atomic E-state index is 8.99. The van der Waals surface area contributed by atoms with Gasteiger partial charge in [0.15, 0.2) is 0 Å². The molecule has 1 aliphatic heterocycles. The van der Waals surface area contributed by atoms with E-state index in [1.807, 2.05) is 18.7 Å². The van der Waals surface area contributed by atoms with Gasteiger partial charge >= 0.3 is 0 Å². The molecule has 3 nitrogen and oxygen atoms in total. The predicted molar refractivity (Wildman–Crippen MR) is 65.2 cm³/mol. The fraction of sp³-hybridized carbons (Fsp3) is 1.00. The molecule has 0 radical (unpaired) electrons. The number of ether oxygens (including phenoxy) is 1. The quantitative estimate of drug-likeness (QED) is 0.681. The summed E-state index contributed by atoms with van der Waals surface area (Å²) in [7, 11) is 0. The highest BCUT2D eigenvalue weighted by molar-refractivity contribution is 7.99. The lowest BCUT2D eigenvalue weighted by Gasteiger charge is -2.23. The second kappa shape index (κ2) is 6.74. The number of aliphatic hydroxyl groups is 1. The minimum Gasteiger partial charge on any atom is -0.394 e. The van der Waals surface area contributed by atoms with Crippen molar-refractivity contribution in [3.05, 3.63) is 0 Å². The van der Waals surface area contributed by atoms with Crippen LogP contribution in [-0.2, 0) is 4.74 Å². The monoisotopic (exact) mass is 233 g/mol. The molecular formula is C11H23NO2S. The van der Waals surface area contributed by atoms with Crippen LogP contribution in [0.3, 0.4) is 0 Å². The molecule has 0 aromatic carbocycles. The van der Waals surface area contributed by atoms with E-state index >= 15 is 0 Å². The first-order valence-corrected chi connectivity index (χ1v) is 6.78. The number of nitrogens with two attached hydrogens (primary N) is 1. The van der Waals surface area contributed by atoms with Gasteiger partial charge in [0.1, 0.15) is 0 Å². The van der Waals surface area contributed by atoms with Crippen LogP contribution in [0.15, 0.2) is 0 Å². The Kier molecular flexibility index (Phi) is 5.97. The summed E-state index contributed by atoms with van der Waals surface area (Å²) in [6.07, 6.45) is 4.37. The Morgan fingerprint density at radius 2 is 2.13 bits per heavy atom. The third kappa shape index (κ3) is 5.76. The molecule has 0 aromatic heterocycles. The molecular weight excluding hydrogens is 210 g/mol. The lowest BCUT2D eigenvalue weighted by molar-refractivity contribution is 0.1000. The van der Waals surface area contributed by atoms with Crippen LogP contribution in [0.4, 0.5) is 0 Å². The first kappa shape index (κ1) is 13.3. The highest BCUT2D eigenvalue weighted by Crippen LogP contribution is 2.23. The van der Waals surface area contributed by atoms with Gasteiger partial charge in [-0.3, -0.25) is 0 Å². The van der Waals surface area contributed by atoms with E-state index in [0.29, 0.717) is 0 Å². The van der Waals surface area contributed by atoms with E-state index in [-0.39, 0.29) is 6.61 Å². The Balaban J connectivity index is 2.00. The normalized spacial score (nSPS) is 22.6. The standard InChI is InChI=1S/C11H23NO2S/c1-11(12,9-13)5-2-8-15-10-3-6-14-7-4-10/h10,13H,2-9,12H2,1H3. The van der Waals surface area contributed by atoms with E-state index in [2.05, 4.69) is 0 Å². The maximum absolute atomic E-state index is 8.99. The average Bonchev–Trinajstić information content (AvgIpc) is 2.26. The van der Waals surface area contributed by atoms with Crippen molar-refractivity contribution in [2.75, 3.05) is 25.6 Å². The lowest BCUT2D eigenvalue weighted by Crippen LogP contribution is -2.40. The first-order chi connectivity index (χ1) is 7.14. The second-order valence-electron chi connectivity index (χ2n) is 4.60. The molecule has 1 aliphatic rings. The number of thioether (sulfide) groups is 1. The molecule has 90 valence electrons. The molecule has 1 heterocycles. The Bertz CT molecular complexity index is 170. The van der Waals surface area contributed by atoms with Crippen molar-refractivity contribution >= 4 is 11.8 Å². The van der Waals surface area contributed by atoms with Gasteiger partial charge in [-0.2, -0.15) is 11.8 Å². The molecule has 15 heavy (non-hydrogen) atoms. The molecule has 1 unspecified atom stereocenters. The van der Waals surface area contributed by atoms with E-state index in [1.165, 1.54) is 12.8 Å². The molecule has 0 bridgehead atoms. The summed E-state index contributed by atoms with van der Waals surface area (Å²) in [5.41, 5.74) is 5.46. The molecule has 1 fully saturated rings. The van der Waals surface area contributed by atoms with Crippen LogP contribution in [0.1, 0.15) is 32.6 Å². The average molecular weight is 233 g/mol. The van der Waals surface area contributed by atoms with Crippen molar-refractivity contribution in [3.8, 4) is 0 Å². The summed E-state index contributed by atoms with van der Waals surface area (Å²) in [6, 6.07) is 0. The highest BCUT2D eigenvalue weighted by Gasteiger charge is 2.17. The second-order valence-corrected chi connectivity index (χ2v) is 6.01. The molecule has 3 N–H and O–H groups in total. The molecule has 1 rings (SSSR count). The van der Waals surface area contributed by atoms with Crippen LogP contribution in [0.25, 0.3) is 0 Å². The molecule has 4 heteroatoms. The van der Waals surface area contributed by atoms with Crippen LogP contribution in [0.5, 0.6) is 0 Å². The number of hydrogen-bond acceptors (Lipinski definition) is 4. The van der Waals surface area contributed by atoms with E-state index in [4.69, 9.17) is 15.6 Å². The van der Waals surface area contributed by atoms with Gasteiger partial charge in [-0.05, 0) is 38.4 Å². The van der Waals surface area contributed by atoms with E-state index in [1.54, 1.807) is 0 Å². The van der Waals surface area contributed by atoms with Crippen LogP contribution in [0, 0.1) is 0 Å². The van der Waals surface area contributed by atoms with Crippen molar-refractivity contribution < 1.29 is 9.84 Å². The van der Waals surface area contributed by atoms with Gasteiger partial charge in [0.05, 0.1) is 6.61 Å². The highest BCUT2D eigenvalue weighted by atomic mass is 32.2. The predicted octanol–water partition coefficient (Wildman–Crippen LogP) is 1.39. The zero-order valence-corrected chi connectivity index (χ0v) is 10.4. The molecule has 0 amide bonds. The van der Waals surface area contributed by atoms with Crippen molar-refractivity contribution in [1.29, 1.82) is 0 Å². The van der Waals surface area contributed by atoms with Crippen molar-refractivity contribution in [3.63, 3.8) is 0 Å². The summed E-state index contributed by atoms with van der Waals surface area (Å²) in [4.78, 5) is 0. The van der Waals surface area contributed by atoms with Gasteiger partial charge < -0.3 is 15.6 Å². The minimum atomic E-state index is -0.393. The van der Waals surface area contributed by atoms with Crippen LogP contribution >= 0.6 is 11.8 Å². The molecule has 0 aliphatic carbocycles. The first-order valence-electron chi connectivity index (χ1n) is 5.73. The van der Waals surface area contributed by atoms with Gasteiger partial charge in [0.2, 0.25) is 0 Å². The summed E-state index contributed by atoms with van der Waals surface area (Å²) in [5, 5.41) is 9.77. The number of rotatable bonds is 6. The largest absolute Gasteiger partial charge is 0.394 e. The Morgan fingerprint density at radius 1 is 1.47 bits per heavy atom. The topological polar surface area (TPSA) is 55.5 Å². The lowest BCUT2D eigenvalue weighted by atomic mass is 9.99. The molecule has 0 spiro atoms. The molecule has 0 saturated carbocycles. The summed E-state index contributed by atoms with van der Waals surface area (Å²) >= 11 is 2.03. The van der Waals surface area contributed by atoms with E-state index < -0.39 is 5.54 Å². The molecule has 1 atom stereocenters. The number of hydrogen-bond donors (Lipinski definition) is 2. The van der Waals surface area contributed by atoms with Crippen molar-refractivity contribution in [2.45, 2.75) is 43.4 Å². The Labute approximate surface area is 96.8 Å². The van der Waals surface area contributed by atoms with Crippen LogP contribution in [-0.4, -0.2) is 41.5 Å². The molecule has 0 aromatic rings. The Morgan fingerprint density at radius 3 is 2.73 bits per heavy atom. The van der Waals surface area contributed by atoms with Gasteiger partial charge in [-0.1, -0.05) is 0 Å². The summed E-state index contributed by atoms with van der Waals surface area (Å²) in [5.74, 6) is 1.15. The third-order valence-corrected chi connectivity index (χ3v) is 4.24. The van der Waals surface area contributed by atoms with Gasteiger partial charge in [0, 0.05) is 24.0 Å². The minimum absolute atomic E-state index is 0.0783. The number of aliphatic hydroxyl groups excluding tert-OH is 1. The molecule has 1 saturated heterocycles. The van der Waals surface area contributed by atoms with Gasteiger partial charge in [0.25, 0.3) is 0 Å². The third-order valence-electron chi connectivity index (χ3n) is 2.78. The van der Waals surface area contributed by atoms with E-state index in [0.717, 1.165) is 37.1 Å². The van der Waals surface area contributed by atoms with Gasteiger partial charge in [-0.15, -0.1) is 0 Å². The zero-order valence-electron chi connectivity index (χ0n) is 9.58. The maximum Gasteiger partial charge on any atom is 0.0608 e. The fourth-order valence-electron chi connectivity index (χ4n) is 1.65. The summed E-state index contributed by atoms with van der Waals surface area (Å²) in [6.45, 7) is 3.83. The SMILES string of the molecule is CC(N)(CO)CCCSC1CCOCC1.